The third kappa shape index (κ3) is 3.72. The molecule has 0 aliphatic carbocycles. The van der Waals surface area contributed by atoms with E-state index in [1.54, 1.807) is 16.5 Å². The normalized spacial score (nSPS) is 15.4. The number of nitrogen functional groups attached to an aromatic ring is 1. The molecule has 8 nitrogen and oxygen atoms in total. The standard InChI is InChI=1S/C25H22N6O2S/c1-3-21(32)18-12-27-25(26)23-19(8-6-15-5-7-16-14-34-29-20(16)11-15)28-31(24(18)23)17-9-10-30(13-17)22(33)4-2/h4-5,7,11-12,14,17H,2-3,9-10,13H2,1H3,(H2,26,27)/t17-/m0/s1. The van der Waals surface area contributed by atoms with Crippen LogP contribution >= 0.6 is 11.5 Å². The summed E-state index contributed by atoms with van der Waals surface area (Å²) in [6.45, 7) is 6.44. The van der Waals surface area contributed by atoms with E-state index < -0.39 is 0 Å². The number of carbonyl (C=O) groups is 2. The van der Waals surface area contributed by atoms with Crippen LogP contribution in [-0.2, 0) is 4.79 Å². The zero-order chi connectivity index (χ0) is 23.8. The van der Waals surface area contributed by atoms with Crippen molar-refractivity contribution in [1.82, 2.24) is 24.0 Å². The van der Waals surface area contributed by atoms with Crippen molar-refractivity contribution in [2.75, 3.05) is 18.8 Å². The van der Waals surface area contributed by atoms with Crippen molar-refractivity contribution < 1.29 is 9.59 Å². The number of likely N-dealkylation sites (tertiary alicyclic amines) is 1. The number of nitrogens with zero attached hydrogens (tertiary/aromatic N) is 5. The maximum atomic E-state index is 12.8. The van der Waals surface area contributed by atoms with E-state index in [9.17, 15) is 9.59 Å². The van der Waals surface area contributed by atoms with Crippen LogP contribution in [0.5, 0.6) is 0 Å². The zero-order valence-corrected chi connectivity index (χ0v) is 19.4. The van der Waals surface area contributed by atoms with Crippen LogP contribution < -0.4 is 5.73 Å². The molecule has 34 heavy (non-hydrogen) atoms. The highest BCUT2D eigenvalue weighted by molar-refractivity contribution is 7.04. The summed E-state index contributed by atoms with van der Waals surface area (Å²) in [4.78, 5) is 30.9. The number of aromatic nitrogens is 4. The molecule has 1 fully saturated rings. The minimum Gasteiger partial charge on any atom is -0.383 e. The van der Waals surface area contributed by atoms with E-state index in [0.29, 0.717) is 48.1 Å². The Morgan fingerprint density at radius 3 is 3.00 bits per heavy atom. The second-order valence-corrected chi connectivity index (χ2v) is 8.75. The second kappa shape index (κ2) is 8.72. The minimum atomic E-state index is -0.123. The first-order valence-electron chi connectivity index (χ1n) is 11.0. The SMILES string of the molecule is C=CC(=O)N1CC[C@H](n2nc(C#Cc3ccc4csnc4c3)c3c(N)ncc(C(=O)CC)c32)C1. The van der Waals surface area contributed by atoms with Crippen LogP contribution in [0.15, 0.2) is 42.4 Å². The summed E-state index contributed by atoms with van der Waals surface area (Å²) in [5, 5.41) is 8.41. The number of hydrogen-bond acceptors (Lipinski definition) is 7. The molecular weight excluding hydrogens is 448 g/mol. The summed E-state index contributed by atoms with van der Waals surface area (Å²) >= 11 is 1.40. The van der Waals surface area contributed by atoms with Gasteiger partial charge in [0.25, 0.3) is 0 Å². The van der Waals surface area contributed by atoms with Crippen molar-refractivity contribution in [3.05, 3.63) is 59.3 Å². The summed E-state index contributed by atoms with van der Waals surface area (Å²) in [6.07, 6.45) is 3.85. The van der Waals surface area contributed by atoms with Gasteiger partial charge in [-0.25, -0.2) is 4.98 Å². The summed E-state index contributed by atoms with van der Waals surface area (Å²) in [6, 6.07) is 5.74. The highest BCUT2D eigenvalue weighted by Crippen LogP contribution is 2.32. The fourth-order valence-electron chi connectivity index (χ4n) is 4.28. The van der Waals surface area contributed by atoms with Gasteiger partial charge in [-0.15, -0.1) is 0 Å². The lowest BCUT2D eigenvalue weighted by Crippen LogP contribution is -2.27. The monoisotopic (exact) mass is 470 g/mol. The molecule has 5 rings (SSSR count). The zero-order valence-electron chi connectivity index (χ0n) is 18.6. The van der Waals surface area contributed by atoms with Crippen LogP contribution in [0.4, 0.5) is 5.82 Å². The molecule has 0 bridgehead atoms. The number of amides is 1. The van der Waals surface area contributed by atoms with Gasteiger partial charge in [0.1, 0.15) is 11.5 Å². The fourth-order valence-corrected chi connectivity index (χ4v) is 4.92. The molecular formula is C25H22N6O2S. The van der Waals surface area contributed by atoms with E-state index in [1.807, 2.05) is 23.6 Å². The molecule has 1 aromatic carbocycles. The third-order valence-electron chi connectivity index (χ3n) is 6.06. The first-order valence-corrected chi connectivity index (χ1v) is 11.8. The molecule has 170 valence electrons. The van der Waals surface area contributed by atoms with E-state index in [1.165, 1.54) is 23.8 Å². The topological polar surface area (TPSA) is 107 Å². The van der Waals surface area contributed by atoms with Crippen molar-refractivity contribution in [1.29, 1.82) is 0 Å². The number of pyridine rings is 1. The number of nitrogens with two attached hydrogens (primary N) is 1. The van der Waals surface area contributed by atoms with Crippen LogP contribution in [0.25, 0.3) is 21.8 Å². The molecule has 9 heteroatoms. The number of carbonyl (C=O) groups excluding carboxylic acids is 2. The Morgan fingerprint density at radius 2 is 2.21 bits per heavy atom. The summed E-state index contributed by atoms with van der Waals surface area (Å²) in [7, 11) is 0. The van der Waals surface area contributed by atoms with Gasteiger partial charge in [-0.3, -0.25) is 14.3 Å². The van der Waals surface area contributed by atoms with Crippen molar-refractivity contribution in [3.8, 4) is 11.8 Å². The fraction of sp³-hybridized carbons (Fsp3) is 0.240. The van der Waals surface area contributed by atoms with Gasteiger partial charge < -0.3 is 10.6 Å². The molecule has 4 aromatic rings. The number of rotatable bonds is 4. The molecule has 1 amide bonds. The van der Waals surface area contributed by atoms with E-state index in [2.05, 4.69) is 27.8 Å². The Hall–Kier alpha value is -4.03. The van der Waals surface area contributed by atoms with Crippen molar-refractivity contribution in [2.45, 2.75) is 25.8 Å². The summed E-state index contributed by atoms with van der Waals surface area (Å²) in [5.41, 5.74) is 9.51. The number of benzene rings is 1. The maximum Gasteiger partial charge on any atom is 0.246 e. The van der Waals surface area contributed by atoms with Crippen molar-refractivity contribution >= 4 is 50.8 Å². The first kappa shape index (κ1) is 21.8. The molecule has 1 aliphatic heterocycles. The molecule has 0 radical (unpaired) electrons. The lowest BCUT2D eigenvalue weighted by atomic mass is 10.1. The molecule has 1 saturated heterocycles. The quantitative estimate of drug-likeness (QED) is 0.278. The predicted octanol–water partition coefficient (Wildman–Crippen LogP) is 3.58. The van der Waals surface area contributed by atoms with E-state index in [-0.39, 0.29) is 23.6 Å². The third-order valence-corrected chi connectivity index (χ3v) is 6.72. The average Bonchev–Trinajstić information content (AvgIpc) is 3.60. The van der Waals surface area contributed by atoms with Crippen LogP contribution in [-0.4, -0.2) is 48.8 Å². The first-order chi connectivity index (χ1) is 16.5. The molecule has 1 atom stereocenters. The summed E-state index contributed by atoms with van der Waals surface area (Å²) in [5.74, 6) is 6.39. The van der Waals surface area contributed by atoms with Gasteiger partial charge in [0.15, 0.2) is 5.78 Å². The number of ketones is 1. The average molecular weight is 471 g/mol. The highest BCUT2D eigenvalue weighted by Gasteiger charge is 2.30. The minimum absolute atomic E-state index is 0.0517. The molecule has 3 aromatic heterocycles. The molecule has 1 aliphatic rings. The van der Waals surface area contributed by atoms with Crippen LogP contribution in [0.1, 0.15) is 47.4 Å². The number of Topliss-reactive ketones (excluding diaryl/α,β-unsaturated/α-hetero) is 1. The Balaban J connectivity index is 1.65. The smallest absolute Gasteiger partial charge is 0.246 e. The van der Waals surface area contributed by atoms with Gasteiger partial charge in [0.05, 0.1) is 28.0 Å². The number of anilines is 1. The Bertz CT molecular complexity index is 1520. The van der Waals surface area contributed by atoms with Crippen molar-refractivity contribution in [2.24, 2.45) is 0 Å². The number of hydrogen-bond donors (Lipinski definition) is 1. The molecule has 0 unspecified atom stereocenters. The van der Waals surface area contributed by atoms with E-state index in [0.717, 1.165) is 16.5 Å². The Labute approximate surface area is 200 Å². The van der Waals surface area contributed by atoms with Crippen LogP contribution in [0.3, 0.4) is 0 Å². The van der Waals surface area contributed by atoms with Crippen LogP contribution in [0, 0.1) is 11.8 Å². The molecule has 0 spiro atoms. The second-order valence-electron chi connectivity index (χ2n) is 8.12. The van der Waals surface area contributed by atoms with E-state index in [4.69, 9.17) is 10.8 Å². The molecule has 0 saturated carbocycles. The molecule has 4 heterocycles. The Morgan fingerprint density at radius 1 is 1.35 bits per heavy atom. The van der Waals surface area contributed by atoms with Gasteiger partial charge in [-0.2, -0.15) is 9.47 Å². The predicted molar refractivity (Wildman–Crippen MR) is 133 cm³/mol. The highest BCUT2D eigenvalue weighted by atomic mass is 32.1. The molecule has 2 N–H and O–H groups in total. The van der Waals surface area contributed by atoms with Crippen LogP contribution in [0.2, 0.25) is 0 Å². The van der Waals surface area contributed by atoms with Gasteiger partial charge >= 0.3 is 0 Å². The summed E-state index contributed by atoms with van der Waals surface area (Å²) < 4.78 is 6.18. The largest absolute Gasteiger partial charge is 0.383 e. The van der Waals surface area contributed by atoms with Gasteiger partial charge in [0.2, 0.25) is 5.91 Å². The van der Waals surface area contributed by atoms with Gasteiger partial charge in [-0.1, -0.05) is 25.5 Å². The number of fused-ring (bicyclic) bond motifs is 2. The maximum absolute atomic E-state index is 12.8. The lowest BCUT2D eigenvalue weighted by Gasteiger charge is -2.16. The lowest BCUT2D eigenvalue weighted by molar-refractivity contribution is -0.125. The van der Waals surface area contributed by atoms with Crippen molar-refractivity contribution in [3.63, 3.8) is 0 Å². The van der Waals surface area contributed by atoms with E-state index >= 15 is 0 Å². The van der Waals surface area contributed by atoms with Gasteiger partial charge in [-0.05, 0) is 42.1 Å². The Kier molecular flexibility index (Phi) is 5.59. The van der Waals surface area contributed by atoms with Gasteiger partial charge in [0, 0.05) is 42.0 Å².